The number of nitrogens with one attached hydrogen (secondary N) is 1. The molecular formula is C23H30N2O4. The minimum Gasteiger partial charge on any atom is -0.466 e. The van der Waals surface area contributed by atoms with Crippen molar-refractivity contribution in [1.29, 1.82) is 0 Å². The standard InChI is InChI=1S/C23H30N2O4/c1-15-19(22(26)28-4)21(18-10-11-18)20(16(2)24-15)23(27)29-13-12-25(3)14-17-8-6-5-7-9-17/h5-9,18,21,24H,10-14H2,1-4H3. The highest BCUT2D eigenvalue weighted by Crippen LogP contribution is 2.47. The van der Waals surface area contributed by atoms with E-state index in [1.54, 1.807) is 0 Å². The Balaban J connectivity index is 1.63. The molecule has 0 saturated heterocycles. The van der Waals surface area contributed by atoms with Gasteiger partial charge in [-0.3, -0.25) is 4.90 Å². The lowest BCUT2D eigenvalue weighted by atomic mass is 9.82. The van der Waals surface area contributed by atoms with Crippen molar-refractivity contribution in [3.8, 4) is 0 Å². The van der Waals surface area contributed by atoms with Gasteiger partial charge in [0.15, 0.2) is 0 Å². The fraction of sp³-hybridized carbons (Fsp3) is 0.478. The van der Waals surface area contributed by atoms with Crippen molar-refractivity contribution in [3.63, 3.8) is 0 Å². The molecule has 1 aliphatic heterocycles. The van der Waals surface area contributed by atoms with Crippen LogP contribution in [0.5, 0.6) is 0 Å². The Bertz CT molecular complexity index is 825. The summed E-state index contributed by atoms with van der Waals surface area (Å²) in [6.07, 6.45) is 2.00. The Morgan fingerprint density at radius 2 is 1.69 bits per heavy atom. The van der Waals surface area contributed by atoms with E-state index < -0.39 is 0 Å². The summed E-state index contributed by atoms with van der Waals surface area (Å²) >= 11 is 0. The zero-order chi connectivity index (χ0) is 21.0. The van der Waals surface area contributed by atoms with Crippen LogP contribution in [-0.2, 0) is 25.6 Å². The number of likely N-dealkylation sites (N-methyl/N-ethyl adjacent to an activating group) is 1. The van der Waals surface area contributed by atoms with Crippen LogP contribution in [0.2, 0.25) is 0 Å². The molecule has 6 nitrogen and oxygen atoms in total. The molecule has 1 aliphatic carbocycles. The SMILES string of the molecule is COC(=O)C1=C(C)NC(C)=C(C(=O)OCCN(C)Cc2ccccc2)C1C1CC1. The lowest BCUT2D eigenvalue weighted by molar-refractivity contribution is -0.140. The zero-order valence-corrected chi connectivity index (χ0v) is 17.7. The van der Waals surface area contributed by atoms with E-state index >= 15 is 0 Å². The number of carbonyl (C=O) groups excluding carboxylic acids is 2. The second-order valence-electron chi connectivity index (χ2n) is 7.87. The van der Waals surface area contributed by atoms with E-state index in [0.29, 0.717) is 30.2 Å². The summed E-state index contributed by atoms with van der Waals surface area (Å²) in [4.78, 5) is 27.4. The molecule has 0 radical (unpaired) electrons. The Morgan fingerprint density at radius 1 is 1.07 bits per heavy atom. The van der Waals surface area contributed by atoms with E-state index in [2.05, 4.69) is 22.3 Å². The first-order valence-corrected chi connectivity index (χ1v) is 10.1. The molecule has 2 aliphatic rings. The van der Waals surface area contributed by atoms with Crippen LogP contribution < -0.4 is 5.32 Å². The molecule has 0 amide bonds. The summed E-state index contributed by atoms with van der Waals surface area (Å²) in [5, 5.41) is 3.17. The van der Waals surface area contributed by atoms with Gasteiger partial charge in [-0.15, -0.1) is 0 Å². The predicted octanol–water partition coefficient (Wildman–Crippen LogP) is 3.01. The number of rotatable bonds is 8. The van der Waals surface area contributed by atoms with Gasteiger partial charge in [0.1, 0.15) is 6.61 Å². The molecule has 1 atom stereocenters. The molecule has 6 heteroatoms. The highest BCUT2D eigenvalue weighted by atomic mass is 16.5. The van der Waals surface area contributed by atoms with Gasteiger partial charge in [-0.25, -0.2) is 9.59 Å². The Morgan fingerprint density at radius 3 is 2.28 bits per heavy atom. The van der Waals surface area contributed by atoms with Gasteiger partial charge >= 0.3 is 11.9 Å². The van der Waals surface area contributed by atoms with Gasteiger partial charge in [-0.05, 0) is 45.2 Å². The van der Waals surface area contributed by atoms with E-state index in [9.17, 15) is 9.59 Å². The molecule has 1 aromatic carbocycles. The number of nitrogens with zero attached hydrogens (tertiary/aromatic N) is 1. The first-order valence-electron chi connectivity index (χ1n) is 10.1. The van der Waals surface area contributed by atoms with Crippen LogP contribution in [0.4, 0.5) is 0 Å². The van der Waals surface area contributed by atoms with Crippen molar-refractivity contribution in [1.82, 2.24) is 10.2 Å². The quantitative estimate of drug-likeness (QED) is 0.679. The Labute approximate surface area is 172 Å². The van der Waals surface area contributed by atoms with Gasteiger partial charge in [0, 0.05) is 30.4 Å². The first-order chi connectivity index (χ1) is 13.9. The molecule has 0 bridgehead atoms. The lowest BCUT2D eigenvalue weighted by Gasteiger charge is -2.30. The molecule has 1 heterocycles. The van der Waals surface area contributed by atoms with Gasteiger partial charge < -0.3 is 14.8 Å². The number of hydrogen-bond acceptors (Lipinski definition) is 6. The largest absolute Gasteiger partial charge is 0.466 e. The smallest absolute Gasteiger partial charge is 0.336 e. The van der Waals surface area contributed by atoms with Crippen LogP contribution >= 0.6 is 0 Å². The number of dihydropyridines is 1. The maximum atomic E-state index is 12.9. The third kappa shape index (κ3) is 5.07. The maximum absolute atomic E-state index is 12.9. The summed E-state index contributed by atoms with van der Waals surface area (Å²) in [6, 6.07) is 10.2. The van der Waals surface area contributed by atoms with E-state index in [4.69, 9.17) is 9.47 Å². The van der Waals surface area contributed by atoms with Gasteiger partial charge in [-0.2, -0.15) is 0 Å². The molecular weight excluding hydrogens is 368 g/mol. The number of benzene rings is 1. The lowest BCUT2D eigenvalue weighted by Crippen LogP contribution is -2.35. The molecule has 0 spiro atoms. The van der Waals surface area contributed by atoms with Gasteiger partial charge in [0.05, 0.1) is 18.3 Å². The fourth-order valence-electron chi connectivity index (χ4n) is 3.94. The number of methoxy groups -OCH3 is 1. The summed E-state index contributed by atoms with van der Waals surface area (Å²) in [5.41, 5.74) is 3.84. The maximum Gasteiger partial charge on any atom is 0.336 e. The second-order valence-corrected chi connectivity index (χ2v) is 7.87. The van der Waals surface area contributed by atoms with Crippen LogP contribution in [0.15, 0.2) is 52.9 Å². The third-order valence-electron chi connectivity index (χ3n) is 5.53. The van der Waals surface area contributed by atoms with Crippen molar-refractivity contribution in [2.45, 2.75) is 33.2 Å². The highest BCUT2D eigenvalue weighted by Gasteiger charge is 2.45. The highest BCUT2D eigenvalue weighted by molar-refractivity contribution is 5.98. The van der Waals surface area contributed by atoms with Crippen LogP contribution in [-0.4, -0.2) is 44.1 Å². The van der Waals surface area contributed by atoms with E-state index in [1.807, 2.05) is 39.1 Å². The van der Waals surface area contributed by atoms with E-state index in [0.717, 1.165) is 30.8 Å². The van der Waals surface area contributed by atoms with Gasteiger partial charge in [0.2, 0.25) is 0 Å². The predicted molar refractivity (Wildman–Crippen MR) is 111 cm³/mol. The molecule has 3 rings (SSSR count). The minimum absolute atomic E-state index is 0.252. The second kappa shape index (κ2) is 9.27. The van der Waals surface area contributed by atoms with Crippen molar-refractivity contribution in [2.75, 3.05) is 27.3 Å². The van der Waals surface area contributed by atoms with Gasteiger partial charge in [0.25, 0.3) is 0 Å². The topological polar surface area (TPSA) is 67.9 Å². The number of esters is 2. The van der Waals surface area contributed by atoms with Crippen LogP contribution in [0.3, 0.4) is 0 Å². The first kappa shape index (κ1) is 21.1. The number of allylic oxidation sites excluding steroid dienone is 2. The van der Waals surface area contributed by atoms with Crippen molar-refractivity contribution in [2.24, 2.45) is 11.8 Å². The van der Waals surface area contributed by atoms with Crippen LogP contribution in [0, 0.1) is 11.8 Å². The molecule has 156 valence electrons. The summed E-state index contributed by atoms with van der Waals surface area (Å²) in [5.74, 6) is -0.695. The molecule has 1 unspecified atom stereocenters. The van der Waals surface area contributed by atoms with Crippen molar-refractivity contribution >= 4 is 11.9 Å². The zero-order valence-electron chi connectivity index (χ0n) is 17.7. The Hall–Kier alpha value is -2.60. The van der Waals surface area contributed by atoms with Crippen LogP contribution in [0.1, 0.15) is 32.3 Å². The summed E-state index contributed by atoms with van der Waals surface area (Å²) in [6.45, 7) is 5.44. The van der Waals surface area contributed by atoms with Crippen molar-refractivity contribution < 1.29 is 19.1 Å². The number of carbonyl (C=O) groups is 2. The van der Waals surface area contributed by atoms with E-state index in [1.165, 1.54) is 12.7 Å². The molecule has 29 heavy (non-hydrogen) atoms. The molecule has 1 fully saturated rings. The summed E-state index contributed by atoms with van der Waals surface area (Å²) < 4.78 is 10.6. The number of ether oxygens (including phenoxy) is 2. The molecule has 0 aromatic heterocycles. The molecule has 1 aromatic rings. The monoisotopic (exact) mass is 398 g/mol. The van der Waals surface area contributed by atoms with E-state index in [-0.39, 0.29) is 17.9 Å². The number of hydrogen-bond donors (Lipinski definition) is 1. The van der Waals surface area contributed by atoms with Crippen LogP contribution in [0.25, 0.3) is 0 Å². The fourth-order valence-corrected chi connectivity index (χ4v) is 3.94. The molecule has 1 saturated carbocycles. The average molecular weight is 399 g/mol. The average Bonchev–Trinajstić information content (AvgIpc) is 3.52. The van der Waals surface area contributed by atoms with Crippen molar-refractivity contribution in [3.05, 3.63) is 58.4 Å². The normalized spacial score (nSPS) is 19.3. The third-order valence-corrected chi connectivity index (χ3v) is 5.53. The van der Waals surface area contributed by atoms with Gasteiger partial charge in [-0.1, -0.05) is 30.3 Å². The molecule has 1 N–H and O–H groups in total. The minimum atomic E-state index is -0.382. The Kier molecular flexibility index (Phi) is 6.75. The summed E-state index contributed by atoms with van der Waals surface area (Å²) in [7, 11) is 3.38.